The van der Waals surface area contributed by atoms with Crippen molar-refractivity contribution in [2.24, 2.45) is 0 Å². The number of carbonyl (C=O) groups excluding carboxylic acids is 2. The first-order valence-electron chi connectivity index (χ1n) is 8.77. The third kappa shape index (κ3) is 5.05. The van der Waals surface area contributed by atoms with E-state index in [1.807, 2.05) is 24.3 Å². The van der Waals surface area contributed by atoms with Crippen molar-refractivity contribution < 1.29 is 9.59 Å². The van der Waals surface area contributed by atoms with Crippen molar-refractivity contribution in [1.29, 1.82) is 0 Å². The molecule has 0 atom stereocenters. The standard InChI is InChI=1S/C24H20N2O2/c25-21-10-6-19(7-11-21)23(27)14-4-17-2-1-3-18(16-17)5-15-24(28)20-8-12-22(26)13-9-20/h1-16H,25-26H2. The average Bonchev–Trinajstić information content (AvgIpc) is 2.71. The average molecular weight is 368 g/mol. The van der Waals surface area contributed by atoms with Gasteiger partial charge in [0.05, 0.1) is 0 Å². The van der Waals surface area contributed by atoms with Gasteiger partial charge in [-0.15, -0.1) is 0 Å². The minimum Gasteiger partial charge on any atom is -0.399 e. The molecule has 0 heterocycles. The summed E-state index contributed by atoms with van der Waals surface area (Å²) in [6.45, 7) is 0. The van der Waals surface area contributed by atoms with Crippen molar-refractivity contribution in [3.63, 3.8) is 0 Å². The third-order valence-electron chi connectivity index (χ3n) is 4.16. The smallest absolute Gasteiger partial charge is 0.185 e. The van der Waals surface area contributed by atoms with Crippen molar-refractivity contribution in [2.75, 3.05) is 11.5 Å². The van der Waals surface area contributed by atoms with Gasteiger partial charge in [-0.1, -0.05) is 30.4 Å². The van der Waals surface area contributed by atoms with E-state index in [0.29, 0.717) is 22.5 Å². The molecular weight excluding hydrogens is 348 g/mol. The van der Waals surface area contributed by atoms with Crippen LogP contribution < -0.4 is 11.5 Å². The van der Waals surface area contributed by atoms with E-state index in [2.05, 4.69) is 0 Å². The SMILES string of the molecule is Nc1ccc(C(=O)C=Cc2cccc(C=CC(=O)c3ccc(N)cc3)c2)cc1. The molecule has 0 aliphatic heterocycles. The molecular formula is C24H20N2O2. The Labute approximate surface area is 163 Å². The Bertz CT molecular complexity index is 964. The van der Waals surface area contributed by atoms with E-state index in [4.69, 9.17) is 11.5 Å². The summed E-state index contributed by atoms with van der Waals surface area (Å²) < 4.78 is 0. The summed E-state index contributed by atoms with van der Waals surface area (Å²) in [6.07, 6.45) is 6.54. The maximum Gasteiger partial charge on any atom is 0.185 e. The van der Waals surface area contributed by atoms with Crippen molar-refractivity contribution in [1.82, 2.24) is 0 Å². The molecule has 138 valence electrons. The first-order valence-corrected chi connectivity index (χ1v) is 8.77. The zero-order chi connectivity index (χ0) is 19.9. The number of nitrogen functional groups attached to an aromatic ring is 2. The molecule has 0 spiro atoms. The lowest BCUT2D eigenvalue weighted by Gasteiger charge is -1.99. The maximum atomic E-state index is 12.2. The molecule has 4 N–H and O–H groups in total. The molecule has 28 heavy (non-hydrogen) atoms. The Morgan fingerprint density at radius 1 is 0.607 bits per heavy atom. The van der Waals surface area contributed by atoms with Crippen molar-refractivity contribution in [2.45, 2.75) is 0 Å². The molecule has 0 aliphatic carbocycles. The number of hydrogen-bond donors (Lipinski definition) is 2. The molecule has 0 aliphatic rings. The highest BCUT2D eigenvalue weighted by atomic mass is 16.1. The predicted molar refractivity (Wildman–Crippen MR) is 115 cm³/mol. The summed E-state index contributed by atoms with van der Waals surface area (Å²) in [7, 11) is 0. The fourth-order valence-electron chi connectivity index (χ4n) is 2.60. The normalized spacial score (nSPS) is 11.1. The summed E-state index contributed by atoms with van der Waals surface area (Å²) in [6, 6.07) is 21.2. The quantitative estimate of drug-likeness (QED) is 0.377. The van der Waals surface area contributed by atoms with E-state index >= 15 is 0 Å². The Morgan fingerprint density at radius 2 is 1.00 bits per heavy atom. The van der Waals surface area contributed by atoms with E-state index < -0.39 is 0 Å². The number of benzene rings is 3. The zero-order valence-electron chi connectivity index (χ0n) is 15.2. The van der Waals surface area contributed by atoms with Crippen LogP contribution in [0.5, 0.6) is 0 Å². The number of allylic oxidation sites excluding steroid dienone is 2. The highest BCUT2D eigenvalue weighted by molar-refractivity contribution is 6.07. The van der Waals surface area contributed by atoms with Crippen molar-refractivity contribution >= 4 is 35.1 Å². The Balaban J connectivity index is 1.69. The third-order valence-corrected chi connectivity index (χ3v) is 4.16. The Morgan fingerprint density at radius 3 is 1.39 bits per heavy atom. The molecule has 0 unspecified atom stereocenters. The zero-order valence-corrected chi connectivity index (χ0v) is 15.2. The van der Waals surface area contributed by atoms with Gasteiger partial charge >= 0.3 is 0 Å². The minimum atomic E-state index is -0.0977. The second-order valence-corrected chi connectivity index (χ2v) is 6.31. The van der Waals surface area contributed by atoms with Crippen LogP contribution in [0.3, 0.4) is 0 Å². The lowest BCUT2D eigenvalue weighted by atomic mass is 10.1. The molecule has 0 saturated carbocycles. The molecule has 0 fully saturated rings. The lowest BCUT2D eigenvalue weighted by Crippen LogP contribution is -1.95. The van der Waals surface area contributed by atoms with Crippen LogP contribution >= 0.6 is 0 Å². The molecule has 3 rings (SSSR count). The molecule has 0 saturated heterocycles. The van der Waals surface area contributed by atoms with Crippen LogP contribution in [-0.4, -0.2) is 11.6 Å². The molecule has 3 aromatic rings. The van der Waals surface area contributed by atoms with Gasteiger partial charge in [0.1, 0.15) is 0 Å². The van der Waals surface area contributed by atoms with Crippen LogP contribution in [0.2, 0.25) is 0 Å². The topological polar surface area (TPSA) is 86.2 Å². The maximum absolute atomic E-state index is 12.2. The van der Waals surface area contributed by atoms with Gasteiger partial charge in [-0.3, -0.25) is 9.59 Å². The molecule has 0 radical (unpaired) electrons. The molecule has 3 aromatic carbocycles. The Kier molecular flexibility index (Phi) is 5.82. The van der Waals surface area contributed by atoms with Crippen LogP contribution in [0, 0.1) is 0 Å². The van der Waals surface area contributed by atoms with Crippen molar-refractivity contribution in [3.05, 3.63) is 107 Å². The molecule has 4 nitrogen and oxygen atoms in total. The van der Waals surface area contributed by atoms with Crippen molar-refractivity contribution in [3.8, 4) is 0 Å². The van der Waals surface area contributed by atoms with Gasteiger partial charge in [0.25, 0.3) is 0 Å². The van der Waals surface area contributed by atoms with Crippen LogP contribution in [-0.2, 0) is 0 Å². The highest BCUT2D eigenvalue weighted by Crippen LogP contribution is 2.13. The monoisotopic (exact) mass is 368 g/mol. The number of anilines is 2. The number of nitrogens with two attached hydrogens (primary N) is 2. The molecule has 0 bridgehead atoms. The Hall–Kier alpha value is -3.92. The fraction of sp³-hybridized carbons (Fsp3) is 0. The van der Waals surface area contributed by atoms with E-state index in [-0.39, 0.29) is 11.6 Å². The summed E-state index contributed by atoms with van der Waals surface area (Å²) in [5.41, 5.74) is 15.4. The van der Waals surface area contributed by atoms with Crippen LogP contribution in [0.1, 0.15) is 31.8 Å². The van der Waals surface area contributed by atoms with E-state index in [0.717, 1.165) is 11.1 Å². The fourth-order valence-corrected chi connectivity index (χ4v) is 2.60. The first kappa shape index (κ1) is 18.9. The second-order valence-electron chi connectivity index (χ2n) is 6.31. The van der Waals surface area contributed by atoms with Crippen LogP contribution in [0.4, 0.5) is 11.4 Å². The van der Waals surface area contributed by atoms with E-state index in [1.165, 1.54) is 12.2 Å². The molecule has 4 heteroatoms. The van der Waals surface area contributed by atoms with Gasteiger partial charge in [0.15, 0.2) is 11.6 Å². The summed E-state index contributed by atoms with van der Waals surface area (Å²) in [4.78, 5) is 24.4. The van der Waals surface area contributed by atoms with Gasteiger partial charge < -0.3 is 11.5 Å². The summed E-state index contributed by atoms with van der Waals surface area (Å²) >= 11 is 0. The molecule has 0 amide bonds. The van der Waals surface area contributed by atoms with Crippen LogP contribution in [0.25, 0.3) is 12.2 Å². The molecule has 0 aromatic heterocycles. The number of ketones is 2. The number of rotatable bonds is 6. The van der Waals surface area contributed by atoms with Crippen LogP contribution in [0.15, 0.2) is 84.9 Å². The second kappa shape index (κ2) is 8.64. The number of carbonyl (C=O) groups is 2. The summed E-state index contributed by atoms with van der Waals surface area (Å²) in [5.74, 6) is -0.195. The van der Waals surface area contributed by atoms with Gasteiger partial charge in [0, 0.05) is 22.5 Å². The minimum absolute atomic E-state index is 0.0977. The highest BCUT2D eigenvalue weighted by Gasteiger charge is 2.02. The summed E-state index contributed by atoms with van der Waals surface area (Å²) in [5, 5.41) is 0. The largest absolute Gasteiger partial charge is 0.399 e. The predicted octanol–water partition coefficient (Wildman–Crippen LogP) is 4.64. The van der Waals surface area contributed by atoms with E-state index in [9.17, 15) is 9.59 Å². The van der Waals surface area contributed by atoms with Gasteiger partial charge in [-0.2, -0.15) is 0 Å². The lowest BCUT2D eigenvalue weighted by molar-refractivity contribution is 0.104. The van der Waals surface area contributed by atoms with Gasteiger partial charge in [0.2, 0.25) is 0 Å². The van der Waals surface area contributed by atoms with E-state index in [1.54, 1.807) is 60.7 Å². The first-order chi connectivity index (χ1) is 13.5. The van der Waals surface area contributed by atoms with Gasteiger partial charge in [-0.05, 0) is 77.9 Å². The number of hydrogen-bond acceptors (Lipinski definition) is 4. The van der Waals surface area contributed by atoms with Gasteiger partial charge in [-0.25, -0.2) is 0 Å².